The summed E-state index contributed by atoms with van der Waals surface area (Å²) in [5, 5.41) is 11.7. The van der Waals surface area contributed by atoms with Crippen LogP contribution in [0.4, 0.5) is 0 Å². The Labute approximate surface area is 398 Å². The number of carboxylic acids is 1. The topological polar surface area (TPSA) is 102 Å². The van der Waals surface area contributed by atoms with Gasteiger partial charge in [0.25, 0.3) is 0 Å². The summed E-state index contributed by atoms with van der Waals surface area (Å²) in [4.78, 5) is 37.1. The van der Waals surface area contributed by atoms with E-state index in [9.17, 15) is 19.5 Å². The van der Waals surface area contributed by atoms with Gasteiger partial charge in [-0.15, -0.1) is 0 Å². The van der Waals surface area contributed by atoms with Crippen molar-refractivity contribution < 1.29 is 38.2 Å². The number of rotatable bonds is 45. The van der Waals surface area contributed by atoms with E-state index in [1.807, 2.05) is 0 Å². The minimum Gasteiger partial charge on any atom is -0.544 e. The molecule has 0 N–H and O–H groups in total. The Bertz CT molecular complexity index is 1380. The molecule has 0 rings (SSSR count). The van der Waals surface area contributed by atoms with Gasteiger partial charge >= 0.3 is 11.9 Å². The summed E-state index contributed by atoms with van der Waals surface area (Å²) in [6.45, 7) is 4.48. The minimum absolute atomic E-state index is 0.0229. The third-order valence-corrected chi connectivity index (χ3v) is 11.0. The Morgan fingerprint density at radius 2 is 0.908 bits per heavy atom. The van der Waals surface area contributed by atoms with Crippen molar-refractivity contribution in [3.05, 3.63) is 97.2 Å². The number of carbonyl (C=O) groups excluding carboxylic acids is 3. The molecule has 0 amide bonds. The van der Waals surface area contributed by atoms with E-state index in [-0.39, 0.29) is 42.7 Å². The number of carbonyl (C=O) groups is 3. The average molecular weight is 906 g/mol. The van der Waals surface area contributed by atoms with Crippen molar-refractivity contribution in [3.8, 4) is 0 Å². The van der Waals surface area contributed by atoms with Crippen molar-refractivity contribution >= 4 is 17.9 Å². The van der Waals surface area contributed by atoms with Gasteiger partial charge in [0.15, 0.2) is 6.10 Å². The van der Waals surface area contributed by atoms with Crippen LogP contribution >= 0.6 is 0 Å². The molecule has 65 heavy (non-hydrogen) atoms. The van der Waals surface area contributed by atoms with Gasteiger partial charge in [0.2, 0.25) is 0 Å². The molecule has 0 aliphatic rings. The molecule has 0 aromatic carbocycles. The van der Waals surface area contributed by atoms with Gasteiger partial charge < -0.3 is 28.6 Å². The molecule has 0 aliphatic heterocycles. The number of likely N-dealkylation sites (N-methyl/N-ethyl adjacent to an activating group) is 1. The number of carboxylic acid groups (broad SMARTS) is 1. The van der Waals surface area contributed by atoms with Crippen LogP contribution in [0.2, 0.25) is 0 Å². The fraction of sp³-hybridized carbons (Fsp3) is 0.667. The number of nitrogens with zero attached hydrogens (tertiary/aromatic N) is 1. The molecule has 8 nitrogen and oxygen atoms in total. The second-order valence-electron chi connectivity index (χ2n) is 18.1. The van der Waals surface area contributed by atoms with Gasteiger partial charge in [-0.1, -0.05) is 182 Å². The molecule has 0 saturated carbocycles. The fourth-order valence-corrected chi connectivity index (χ4v) is 7.01. The van der Waals surface area contributed by atoms with Crippen LogP contribution in [0.5, 0.6) is 0 Å². The molecule has 8 heteroatoms. The molecule has 0 aromatic heterocycles. The van der Waals surface area contributed by atoms with Crippen LogP contribution < -0.4 is 5.11 Å². The number of esters is 2. The largest absolute Gasteiger partial charge is 0.544 e. The zero-order valence-electron chi connectivity index (χ0n) is 42.1. The normalized spacial score (nSPS) is 13.7. The van der Waals surface area contributed by atoms with E-state index in [0.717, 1.165) is 89.9 Å². The summed E-state index contributed by atoms with van der Waals surface area (Å²) in [6.07, 6.45) is 62.9. The monoisotopic (exact) mass is 906 g/mol. The highest BCUT2D eigenvalue weighted by molar-refractivity contribution is 5.70. The Morgan fingerprint density at radius 1 is 0.492 bits per heavy atom. The summed E-state index contributed by atoms with van der Waals surface area (Å²) in [6, 6.07) is -0.738. The van der Waals surface area contributed by atoms with Crippen LogP contribution in [0.1, 0.15) is 194 Å². The Hall–Kier alpha value is -3.75. The van der Waals surface area contributed by atoms with Crippen molar-refractivity contribution in [1.82, 2.24) is 0 Å². The summed E-state index contributed by atoms with van der Waals surface area (Å²) in [5.74, 6) is -1.79. The van der Waals surface area contributed by atoms with Crippen LogP contribution in [0.3, 0.4) is 0 Å². The predicted molar refractivity (Wildman–Crippen MR) is 272 cm³/mol. The zero-order valence-corrected chi connectivity index (χ0v) is 42.1. The smallest absolute Gasteiger partial charge is 0.306 e. The van der Waals surface area contributed by atoms with Gasteiger partial charge in [-0.3, -0.25) is 9.59 Å². The molecular formula is C57H95NO7. The average Bonchev–Trinajstić information content (AvgIpc) is 3.27. The highest BCUT2D eigenvalue weighted by Gasteiger charge is 2.25. The predicted octanol–water partition coefficient (Wildman–Crippen LogP) is 13.7. The Balaban J connectivity index is 4.34. The first-order chi connectivity index (χ1) is 31.6. The van der Waals surface area contributed by atoms with Crippen molar-refractivity contribution in [1.29, 1.82) is 0 Å². The quantitative estimate of drug-likeness (QED) is 0.0197. The van der Waals surface area contributed by atoms with E-state index >= 15 is 0 Å². The van der Waals surface area contributed by atoms with Gasteiger partial charge in [-0.2, -0.15) is 0 Å². The molecule has 0 spiro atoms. The first kappa shape index (κ1) is 61.2. The van der Waals surface area contributed by atoms with Gasteiger partial charge in [-0.25, -0.2) is 0 Å². The minimum atomic E-state index is -1.13. The Kier molecular flexibility index (Phi) is 44.1. The summed E-state index contributed by atoms with van der Waals surface area (Å²) in [7, 11) is 5.40. The molecule has 0 aliphatic carbocycles. The lowest BCUT2D eigenvalue weighted by Gasteiger charge is -2.34. The SMILES string of the molecule is CC/C=C/C/C=C/C/C=C/C/C=C/C/C=C/C/C=C/CCCCCC(=O)OCC(COCCC(C(=O)[O-])[N+](C)(C)C)OC(=O)CCCCCCCCCCCC/C=C/C=C/CCCCC. The van der Waals surface area contributed by atoms with Crippen molar-refractivity contribution in [2.24, 2.45) is 0 Å². The molecule has 0 bridgehead atoms. The van der Waals surface area contributed by atoms with Crippen LogP contribution in [0.25, 0.3) is 0 Å². The molecule has 0 aromatic rings. The first-order valence-electron chi connectivity index (χ1n) is 25.8. The number of hydrogen-bond donors (Lipinski definition) is 0. The lowest BCUT2D eigenvalue weighted by Crippen LogP contribution is -2.55. The highest BCUT2D eigenvalue weighted by Crippen LogP contribution is 2.14. The molecule has 2 unspecified atom stereocenters. The molecule has 370 valence electrons. The second kappa shape index (κ2) is 46.8. The summed E-state index contributed by atoms with van der Waals surface area (Å²) in [5.41, 5.74) is 0. The van der Waals surface area contributed by atoms with E-state index in [0.29, 0.717) is 12.8 Å². The van der Waals surface area contributed by atoms with Crippen LogP contribution in [-0.2, 0) is 28.6 Å². The van der Waals surface area contributed by atoms with Crippen LogP contribution in [0.15, 0.2) is 97.2 Å². The van der Waals surface area contributed by atoms with Crippen molar-refractivity contribution in [3.63, 3.8) is 0 Å². The maximum atomic E-state index is 12.8. The molecule has 0 fully saturated rings. The van der Waals surface area contributed by atoms with E-state index in [1.165, 1.54) is 70.6 Å². The Morgan fingerprint density at radius 3 is 1.38 bits per heavy atom. The van der Waals surface area contributed by atoms with Crippen molar-refractivity contribution in [2.75, 3.05) is 41.0 Å². The molecule has 0 heterocycles. The van der Waals surface area contributed by atoms with E-state index in [4.69, 9.17) is 14.2 Å². The number of allylic oxidation sites excluding steroid dienone is 16. The van der Waals surface area contributed by atoms with Gasteiger partial charge in [0, 0.05) is 19.3 Å². The molecule has 0 radical (unpaired) electrons. The van der Waals surface area contributed by atoms with Gasteiger partial charge in [0.1, 0.15) is 12.6 Å². The number of unbranched alkanes of at least 4 members (excludes halogenated alkanes) is 16. The first-order valence-corrected chi connectivity index (χ1v) is 25.8. The zero-order chi connectivity index (χ0) is 47.7. The third kappa shape index (κ3) is 45.2. The molecule has 0 saturated heterocycles. The van der Waals surface area contributed by atoms with E-state index in [2.05, 4.69) is 111 Å². The lowest BCUT2D eigenvalue weighted by atomic mass is 10.1. The lowest BCUT2D eigenvalue weighted by molar-refractivity contribution is -0.889. The van der Waals surface area contributed by atoms with E-state index in [1.54, 1.807) is 21.1 Å². The molecule has 2 atom stereocenters. The van der Waals surface area contributed by atoms with Crippen LogP contribution in [-0.4, -0.2) is 75.5 Å². The van der Waals surface area contributed by atoms with Gasteiger partial charge in [-0.05, 0) is 89.9 Å². The standard InChI is InChI=1S/C57H95NO7/c1-6-8-10-12-14-16-18-20-22-24-26-27-28-30-31-33-35-37-39-41-43-45-47-55(59)64-52-53(51-63-50-49-54(57(61)62)58(3,4)5)65-56(60)48-46-44-42-40-38-36-34-32-29-25-23-21-19-17-15-13-11-9-7-2/h8,10,14-17,19-22,26-27,30-31,35,37,53-54H,6-7,9,11-13,18,23-25,28-29,32-34,36,38-52H2,1-5H3/b10-8+,16-14+,17-15+,21-19+,22-20+,27-26+,31-30+,37-35+. The third-order valence-electron chi connectivity index (χ3n) is 11.0. The highest BCUT2D eigenvalue weighted by atomic mass is 16.6. The molecular weight excluding hydrogens is 811 g/mol. The van der Waals surface area contributed by atoms with E-state index < -0.39 is 18.1 Å². The maximum Gasteiger partial charge on any atom is 0.306 e. The number of hydrogen-bond acceptors (Lipinski definition) is 7. The number of ether oxygens (including phenoxy) is 3. The van der Waals surface area contributed by atoms with Gasteiger partial charge in [0.05, 0.1) is 40.3 Å². The summed E-state index contributed by atoms with van der Waals surface area (Å²) >= 11 is 0. The maximum absolute atomic E-state index is 12.8. The van der Waals surface area contributed by atoms with Crippen molar-refractivity contribution in [2.45, 2.75) is 206 Å². The number of quaternary nitrogens is 1. The fourth-order valence-electron chi connectivity index (χ4n) is 7.01. The number of aliphatic carboxylic acids is 1. The summed E-state index contributed by atoms with van der Waals surface area (Å²) < 4.78 is 17.2. The second-order valence-corrected chi connectivity index (χ2v) is 18.1. The van der Waals surface area contributed by atoms with Crippen LogP contribution in [0, 0.1) is 0 Å².